The van der Waals surface area contributed by atoms with Crippen LogP contribution in [0.5, 0.6) is 0 Å². The van der Waals surface area contributed by atoms with Gasteiger partial charge in [0.25, 0.3) is 0 Å². The zero-order valence-electron chi connectivity index (χ0n) is 21.2. The first-order valence-electron chi connectivity index (χ1n) is 12.5. The van der Waals surface area contributed by atoms with Gasteiger partial charge in [-0.3, -0.25) is 4.90 Å². The molecule has 0 aromatic heterocycles. The van der Waals surface area contributed by atoms with Crippen LogP contribution in [-0.4, -0.2) is 61.7 Å². The lowest BCUT2D eigenvalue weighted by Crippen LogP contribution is -2.58. The summed E-state index contributed by atoms with van der Waals surface area (Å²) in [6, 6.07) is 6.45. The van der Waals surface area contributed by atoms with E-state index in [9.17, 15) is 13.2 Å². The fourth-order valence-corrected chi connectivity index (χ4v) is 6.62. The Balaban J connectivity index is 1.54. The first-order chi connectivity index (χ1) is 16.9. The number of sulfonamides is 1. The van der Waals surface area contributed by atoms with Crippen LogP contribution < -0.4 is 21.1 Å². The zero-order chi connectivity index (χ0) is 26.1. The highest BCUT2D eigenvalue weighted by molar-refractivity contribution is 7.89. The number of hydrogen-bond donors (Lipinski definition) is 3. The van der Waals surface area contributed by atoms with E-state index >= 15 is 0 Å². The first kappa shape index (κ1) is 26.2. The number of guanidine groups is 2. The summed E-state index contributed by atoms with van der Waals surface area (Å²) < 4.78 is 35.5. The van der Waals surface area contributed by atoms with E-state index < -0.39 is 21.3 Å². The van der Waals surface area contributed by atoms with Gasteiger partial charge in [-0.1, -0.05) is 18.6 Å². The summed E-state index contributed by atoms with van der Waals surface area (Å²) in [6.45, 7) is 6.28. The van der Waals surface area contributed by atoms with Crippen LogP contribution in [0.2, 0.25) is 0 Å². The molecule has 1 aromatic rings. The highest BCUT2D eigenvalue weighted by atomic mass is 32.2. The van der Waals surface area contributed by atoms with E-state index in [1.807, 2.05) is 20.8 Å². The second-order valence-corrected chi connectivity index (χ2v) is 12.3. The van der Waals surface area contributed by atoms with Crippen LogP contribution in [0.25, 0.3) is 0 Å². The van der Waals surface area contributed by atoms with Crippen molar-refractivity contribution >= 4 is 33.7 Å². The van der Waals surface area contributed by atoms with Gasteiger partial charge in [-0.25, -0.2) is 22.9 Å². The minimum absolute atomic E-state index is 0.110. The summed E-state index contributed by atoms with van der Waals surface area (Å²) in [5.41, 5.74) is 11.4. The molecule has 5 N–H and O–H groups in total. The molecule has 3 aliphatic rings. The average molecular weight is 520 g/mol. The Labute approximate surface area is 213 Å². The molecule has 1 aromatic carbocycles. The molecule has 11 nitrogen and oxygen atoms in total. The summed E-state index contributed by atoms with van der Waals surface area (Å²) in [6.07, 6.45) is 4.94. The molecule has 1 aliphatic carbocycles. The Morgan fingerprint density at radius 2 is 1.75 bits per heavy atom. The second-order valence-electron chi connectivity index (χ2n) is 10.6. The minimum atomic E-state index is -3.92. The summed E-state index contributed by atoms with van der Waals surface area (Å²) in [4.78, 5) is 24.6. The Kier molecular flexibility index (Phi) is 7.20. The van der Waals surface area contributed by atoms with Crippen molar-refractivity contribution < 1.29 is 17.9 Å². The molecular formula is C24H37N7O4S. The lowest BCUT2D eigenvalue weighted by molar-refractivity contribution is 0.0203. The smallest absolute Gasteiger partial charge is 0.410 e. The van der Waals surface area contributed by atoms with E-state index in [2.05, 4.69) is 14.7 Å². The van der Waals surface area contributed by atoms with Gasteiger partial charge in [0.1, 0.15) is 16.2 Å². The van der Waals surface area contributed by atoms with E-state index in [0.717, 1.165) is 19.3 Å². The van der Waals surface area contributed by atoms with E-state index in [4.69, 9.17) is 16.2 Å². The third kappa shape index (κ3) is 5.59. The third-order valence-electron chi connectivity index (χ3n) is 6.72. The molecule has 4 rings (SSSR count). The molecule has 0 atom stereocenters. The van der Waals surface area contributed by atoms with Crippen molar-refractivity contribution in [1.29, 1.82) is 0 Å². The van der Waals surface area contributed by atoms with Crippen LogP contribution in [0.15, 0.2) is 39.1 Å². The van der Waals surface area contributed by atoms with Crippen LogP contribution >= 0.6 is 0 Å². The van der Waals surface area contributed by atoms with E-state index in [1.165, 1.54) is 0 Å². The Morgan fingerprint density at radius 1 is 1.11 bits per heavy atom. The van der Waals surface area contributed by atoms with Crippen molar-refractivity contribution in [3.05, 3.63) is 24.3 Å². The van der Waals surface area contributed by atoms with Crippen molar-refractivity contribution in [3.8, 4) is 0 Å². The van der Waals surface area contributed by atoms with Gasteiger partial charge in [0.2, 0.25) is 21.9 Å². The number of aliphatic imine (C=N–C) groups is 2. The number of nitrogens with one attached hydrogen (secondary N) is 1. The maximum atomic E-state index is 13.6. The molecule has 2 aliphatic heterocycles. The molecule has 1 saturated carbocycles. The number of carbonyl (C=O) groups excluding carboxylic acids is 1. The molecule has 1 amide bonds. The minimum Gasteiger partial charge on any atom is -0.444 e. The number of anilines is 1. The number of rotatable bonds is 4. The largest absolute Gasteiger partial charge is 0.444 e. The Hall–Kier alpha value is -2.86. The lowest BCUT2D eigenvalue weighted by Gasteiger charge is -2.46. The molecule has 1 saturated heterocycles. The molecule has 2 heterocycles. The second kappa shape index (κ2) is 9.89. The fraction of sp³-hybridized carbons (Fsp3) is 0.625. The van der Waals surface area contributed by atoms with Crippen LogP contribution in [0, 0.1) is 0 Å². The predicted molar refractivity (Wildman–Crippen MR) is 139 cm³/mol. The normalized spacial score (nSPS) is 21.2. The Bertz CT molecular complexity index is 1150. The highest BCUT2D eigenvalue weighted by Gasteiger charge is 2.44. The summed E-state index contributed by atoms with van der Waals surface area (Å²) >= 11 is 0. The molecule has 1 spiro atoms. The maximum Gasteiger partial charge on any atom is 0.410 e. The van der Waals surface area contributed by atoms with Crippen molar-refractivity contribution in [3.63, 3.8) is 0 Å². The van der Waals surface area contributed by atoms with Crippen LogP contribution in [0.4, 0.5) is 10.5 Å². The number of piperidine rings is 1. The molecule has 0 radical (unpaired) electrons. The van der Waals surface area contributed by atoms with Gasteiger partial charge in [0.15, 0.2) is 0 Å². The summed E-state index contributed by atoms with van der Waals surface area (Å²) in [5.74, 6) is 0.249. The van der Waals surface area contributed by atoms with Gasteiger partial charge in [-0.15, -0.1) is 0 Å². The van der Waals surface area contributed by atoms with Crippen LogP contribution in [0.1, 0.15) is 65.7 Å². The maximum absolute atomic E-state index is 13.6. The summed E-state index contributed by atoms with van der Waals surface area (Å²) in [7, 11) is -3.92. The molecular weight excluding hydrogens is 482 g/mol. The predicted octanol–water partition coefficient (Wildman–Crippen LogP) is 2.47. The summed E-state index contributed by atoms with van der Waals surface area (Å²) in [5, 5.41) is 0. The molecule has 0 unspecified atom stereocenters. The number of hydrogen-bond acceptors (Lipinski definition) is 9. The quantitative estimate of drug-likeness (QED) is 0.552. The van der Waals surface area contributed by atoms with Gasteiger partial charge < -0.3 is 21.1 Å². The highest BCUT2D eigenvalue weighted by Crippen LogP contribution is 2.41. The fourth-order valence-electron chi connectivity index (χ4n) is 5.13. The van der Waals surface area contributed by atoms with Crippen LogP contribution in [0.3, 0.4) is 0 Å². The van der Waals surface area contributed by atoms with Crippen molar-refractivity contribution in [2.75, 3.05) is 18.0 Å². The third-order valence-corrected chi connectivity index (χ3v) is 8.28. The van der Waals surface area contributed by atoms with Gasteiger partial charge in [0, 0.05) is 19.1 Å². The standard InChI is InChI=1S/C24H37N7O4S/c1-23(2,3)35-22(32)30-15-11-17(12-16-30)29-36(33,34)19-10-6-5-9-18(19)31-21(26)27-20(25)28-24(31)13-7-4-8-14-24/h5-6,9-10,17,29H,4,7-8,11-16H2,1-3H3,(H4,25,26,27,28). The van der Waals surface area contributed by atoms with Crippen molar-refractivity contribution in [2.24, 2.45) is 21.5 Å². The Morgan fingerprint density at radius 3 is 2.39 bits per heavy atom. The molecule has 2 fully saturated rings. The SMILES string of the molecule is CC(C)(C)OC(=O)N1CCC(NS(=O)(=O)c2ccccc2N2C(N)=NC(N)=NC23CCCCC3)CC1. The number of para-hydroxylation sites is 1. The van der Waals surface area contributed by atoms with Crippen molar-refractivity contribution in [2.45, 2.75) is 87.9 Å². The van der Waals surface area contributed by atoms with E-state index in [-0.39, 0.29) is 28.9 Å². The molecule has 12 heteroatoms. The average Bonchev–Trinajstić information content (AvgIpc) is 2.78. The van der Waals surface area contributed by atoms with Gasteiger partial charge in [-0.2, -0.15) is 4.99 Å². The molecule has 36 heavy (non-hydrogen) atoms. The van der Waals surface area contributed by atoms with Gasteiger partial charge >= 0.3 is 6.09 Å². The number of nitrogens with two attached hydrogens (primary N) is 2. The number of likely N-dealkylation sites (tertiary alicyclic amines) is 1. The molecule has 0 bridgehead atoms. The van der Waals surface area contributed by atoms with Gasteiger partial charge in [0.05, 0.1) is 5.69 Å². The number of ether oxygens (including phenoxy) is 1. The topological polar surface area (TPSA) is 156 Å². The number of carbonyl (C=O) groups is 1. The van der Waals surface area contributed by atoms with Crippen LogP contribution in [-0.2, 0) is 14.8 Å². The number of nitrogens with zero attached hydrogens (tertiary/aromatic N) is 4. The van der Waals surface area contributed by atoms with E-state index in [1.54, 1.807) is 34.1 Å². The number of amides is 1. The zero-order valence-corrected chi connectivity index (χ0v) is 22.1. The van der Waals surface area contributed by atoms with Gasteiger partial charge in [-0.05, 0) is 71.4 Å². The van der Waals surface area contributed by atoms with E-state index in [0.29, 0.717) is 44.5 Å². The van der Waals surface area contributed by atoms with Crippen molar-refractivity contribution in [1.82, 2.24) is 9.62 Å². The molecule has 198 valence electrons. The monoisotopic (exact) mass is 519 g/mol. The lowest BCUT2D eigenvalue weighted by atomic mass is 9.87. The first-order valence-corrected chi connectivity index (χ1v) is 14.0. The number of benzene rings is 1.